The van der Waals surface area contributed by atoms with Crippen LogP contribution in [0.15, 0.2) is 0 Å². The highest BCUT2D eigenvalue weighted by Crippen LogP contribution is 2.39. The number of hydrogen-bond donors (Lipinski definition) is 1. The van der Waals surface area contributed by atoms with E-state index in [0.29, 0.717) is 6.54 Å². The first kappa shape index (κ1) is 13.4. The Morgan fingerprint density at radius 1 is 1.13 bits per heavy atom. The average molecular weight is 326 g/mol. The molecule has 0 saturated heterocycles. The quantitative estimate of drug-likeness (QED) is 0.801. The molecule has 0 spiro atoms. The summed E-state index contributed by atoms with van der Waals surface area (Å²) < 4.78 is 2.23. The van der Waals surface area contributed by atoms with Crippen LogP contribution in [0, 0.1) is 6.92 Å². The van der Waals surface area contributed by atoms with Crippen LogP contribution in [0.25, 0.3) is 10.2 Å². The lowest BCUT2D eigenvalue weighted by molar-refractivity contribution is 0.695. The fourth-order valence-electron chi connectivity index (χ4n) is 3.73. The van der Waals surface area contributed by atoms with E-state index in [2.05, 4.69) is 30.0 Å². The first-order chi connectivity index (χ1) is 11.3. The summed E-state index contributed by atoms with van der Waals surface area (Å²) >= 11 is 1.83. The van der Waals surface area contributed by atoms with E-state index in [1.165, 1.54) is 35.1 Å². The van der Waals surface area contributed by atoms with Crippen LogP contribution in [0.4, 0.5) is 5.82 Å². The van der Waals surface area contributed by atoms with Crippen molar-refractivity contribution in [1.29, 1.82) is 0 Å². The van der Waals surface area contributed by atoms with Crippen molar-refractivity contribution in [1.82, 2.24) is 24.7 Å². The third kappa shape index (κ3) is 2.06. The number of aryl methyl sites for hydroxylation is 4. The van der Waals surface area contributed by atoms with Gasteiger partial charge in [0.2, 0.25) is 0 Å². The molecule has 1 aliphatic heterocycles. The predicted octanol–water partition coefficient (Wildman–Crippen LogP) is 2.64. The minimum Gasteiger partial charge on any atom is -0.362 e. The van der Waals surface area contributed by atoms with E-state index < -0.39 is 0 Å². The molecule has 2 aliphatic rings. The summed E-state index contributed by atoms with van der Waals surface area (Å²) in [6.45, 7) is 3.67. The molecule has 0 atom stereocenters. The van der Waals surface area contributed by atoms with E-state index in [1.807, 2.05) is 18.3 Å². The Morgan fingerprint density at radius 2 is 2.09 bits per heavy atom. The highest BCUT2D eigenvalue weighted by Gasteiger charge is 2.22. The van der Waals surface area contributed by atoms with Crippen molar-refractivity contribution < 1.29 is 0 Å². The number of aromatic nitrogens is 5. The van der Waals surface area contributed by atoms with Crippen molar-refractivity contribution >= 4 is 27.4 Å². The first-order valence-electron chi connectivity index (χ1n) is 8.23. The molecule has 5 rings (SSSR count). The summed E-state index contributed by atoms with van der Waals surface area (Å²) in [5.74, 6) is 3.91. The smallest absolute Gasteiger partial charge is 0.152 e. The molecule has 3 aromatic rings. The zero-order chi connectivity index (χ0) is 15.4. The lowest BCUT2D eigenvalue weighted by Crippen LogP contribution is -2.09. The van der Waals surface area contributed by atoms with E-state index in [-0.39, 0.29) is 0 Å². The molecule has 1 aliphatic carbocycles. The fourth-order valence-corrected chi connectivity index (χ4v) is 5.04. The van der Waals surface area contributed by atoms with E-state index >= 15 is 0 Å². The number of hydrogen-bond acceptors (Lipinski definition) is 6. The zero-order valence-corrected chi connectivity index (χ0v) is 13.9. The highest BCUT2D eigenvalue weighted by molar-refractivity contribution is 7.19. The van der Waals surface area contributed by atoms with Crippen LogP contribution in [0.1, 0.15) is 40.8 Å². The van der Waals surface area contributed by atoms with Crippen LogP contribution in [-0.4, -0.2) is 24.7 Å². The van der Waals surface area contributed by atoms with Crippen LogP contribution in [-0.2, 0) is 32.4 Å². The van der Waals surface area contributed by atoms with Gasteiger partial charge in [0.25, 0.3) is 0 Å². The third-order valence-corrected chi connectivity index (χ3v) is 5.96. The molecular weight excluding hydrogens is 308 g/mol. The van der Waals surface area contributed by atoms with E-state index in [4.69, 9.17) is 0 Å². The Morgan fingerprint density at radius 3 is 3.04 bits per heavy atom. The molecule has 0 amide bonds. The van der Waals surface area contributed by atoms with Crippen LogP contribution in [0.2, 0.25) is 0 Å². The maximum atomic E-state index is 4.67. The maximum absolute atomic E-state index is 4.67. The van der Waals surface area contributed by atoms with Crippen molar-refractivity contribution in [2.75, 3.05) is 5.32 Å². The summed E-state index contributed by atoms with van der Waals surface area (Å²) in [5.41, 5.74) is 1.46. The number of nitrogens with one attached hydrogen (secondary N) is 1. The number of fused-ring (bicyclic) bond motifs is 4. The van der Waals surface area contributed by atoms with E-state index in [0.717, 1.165) is 47.5 Å². The van der Waals surface area contributed by atoms with Crippen molar-refractivity contribution in [3.63, 3.8) is 0 Å². The van der Waals surface area contributed by atoms with Gasteiger partial charge in [-0.25, -0.2) is 9.97 Å². The lowest BCUT2D eigenvalue weighted by atomic mass is 10.2. The van der Waals surface area contributed by atoms with Crippen molar-refractivity contribution in [3.8, 4) is 0 Å². The van der Waals surface area contributed by atoms with Gasteiger partial charge in [-0.3, -0.25) is 0 Å². The summed E-state index contributed by atoms with van der Waals surface area (Å²) in [4.78, 5) is 11.9. The Kier molecular flexibility index (Phi) is 2.91. The van der Waals surface area contributed by atoms with Gasteiger partial charge in [0.15, 0.2) is 5.82 Å². The van der Waals surface area contributed by atoms with Gasteiger partial charge in [-0.05, 0) is 38.2 Å². The third-order valence-electron chi connectivity index (χ3n) is 4.78. The molecule has 118 valence electrons. The van der Waals surface area contributed by atoms with Gasteiger partial charge < -0.3 is 9.88 Å². The predicted molar refractivity (Wildman–Crippen MR) is 89.8 cm³/mol. The minimum absolute atomic E-state index is 0.670. The second kappa shape index (κ2) is 4.99. The fraction of sp³-hybridized carbons (Fsp3) is 0.500. The Labute approximate surface area is 138 Å². The van der Waals surface area contributed by atoms with Gasteiger partial charge in [0.05, 0.1) is 11.9 Å². The molecule has 1 N–H and O–H groups in total. The van der Waals surface area contributed by atoms with Gasteiger partial charge in [-0.1, -0.05) is 0 Å². The second-order valence-corrected chi connectivity index (χ2v) is 7.38. The average Bonchev–Trinajstić information content (AvgIpc) is 3.25. The molecule has 0 bridgehead atoms. The zero-order valence-electron chi connectivity index (χ0n) is 13.1. The second-order valence-electron chi connectivity index (χ2n) is 6.30. The molecule has 3 aromatic heterocycles. The lowest BCUT2D eigenvalue weighted by Gasteiger charge is -2.09. The molecule has 6 nitrogen and oxygen atoms in total. The Hall–Kier alpha value is -2.02. The monoisotopic (exact) mass is 326 g/mol. The molecule has 7 heteroatoms. The Bertz CT molecular complexity index is 909. The molecule has 23 heavy (non-hydrogen) atoms. The first-order valence-corrected chi connectivity index (χ1v) is 9.05. The normalized spacial score (nSPS) is 16.0. The number of thiophene rings is 1. The molecule has 0 radical (unpaired) electrons. The number of rotatable bonds is 3. The maximum Gasteiger partial charge on any atom is 0.152 e. The summed E-state index contributed by atoms with van der Waals surface area (Å²) in [5, 5.41) is 13.3. The molecular formula is C16H18N6S. The van der Waals surface area contributed by atoms with Gasteiger partial charge in [0.1, 0.15) is 22.3 Å². The van der Waals surface area contributed by atoms with Crippen molar-refractivity contribution in [2.45, 2.75) is 52.1 Å². The van der Waals surface area contributed by atoms with Crippen LogP contribution in [0.5, 0.6) is 0 Å². The molecule has 4 heterocycles. The van der Waals surface area contributed by atoms with E-state index in [9.17, 15) is 0 Å². The topological polar surface area (TPSA) is 68.5 Å². The summed E-state index contributed by atoms with van der Waals surface area (Å²) in [6, 6.07) is 0. The molecule has 0 fully saturated rings. The minimum atomic E-state index is 0.670. The summed E-state index contributed by atoms with van der Waals surface area (Å²) in [7, 11) is 0. The van der Waals surface area contributed by atoms with Gasteiger partial charge in [-0.15, -0.1) is 21.5 Å². The van der Waals surface area contributed by atoms with Crippen LogP contribution in [0.3, 0.4) is 0 Å². The SMILES string of the molecule is Cc1nc(NCc2nnc3n2CCC3)c2c3c(sc2n1)CCC3. The molecule has 0 aromatic carbocycles. The van der Waals surface area contributed by atoms with Gasteiger partial charge in [0, 0.05) is 17.8 Å². The molecule has 0 unspecified atom stereocenters. The van der Waals surface area contributed by atoms with Crippen LogP contribution < -0.4 is 5.32 Å². The Balaban J connectivity index is 1.52. The highest BCUT2D eigenvalue weighted by atomic mass is 32.1. The van der Waals surface area contributed by atoms with E-state index in [1.54, 1.807) is 0 Å². The number of nitrogens with zero attached hydrogens (tertiary/aromatic N) is 5. The standard InChI is InChI=1S/C16H18N6S/c1-9-18-15(14-10-4-2-5-11(10)23-16(14)19-9)17-8-13-21-20-12-6-3-7-22(12)13/h2-8H2,1H3,(H,17,18,19). The largest absolute Gasteiger partial charge is 0.362 e. The van der Waals surface area contributed by atoms with Crippen LogP contribution >= 0.6 is 11.3 Å². The number of anilines is 1. The van der Waals surface area contributed by atoms with Gasteiger partial charge in [-0.2, -0.15) is 0 Å². The molecule has 0 saturated carbocycles. The summed E-state index contributed by atoms with van der Waals surface area (Å²) in [6.07, 6.45) is 5.81. The van der Waals surface area contributed by atoms with Crippen molar-refractivity contribution in [3.05, 3.63) is 27.9 Å². The van der Waals surface area contributed by atoms with Crippen molar-refractivity contribution in [2.24, 2.45) is 0 Å². The van der Waals surface area contributed by atoms with Gasteiger partial charge >= 0.3 is 0 Å².